The van der Waals surface area contributed by atoms with E-state index in [0.29, 0.717) is 16.9 Å². The van der Waals surface area contributed by atoms with Crippen LogP contribution < -0.4 is 5.32 Å². The summed E-state index contributed by atoms with van der Waals surface area (Å²) in [6, 6.07) is 4.15. The van der Waals surface area contributed by atoms with E-state index in [1.807, 2.05) is 13.8 Å². The first-order valence-corrected chi connectivity index (χ1v) is 10.1. The third kappa shape index (κ3) is 4.06. The molecule has 27 heavy (non-hydrogen) atoms. The van der Waals surface area contributed by atoms with Crippen molar-refractivity contribution in [2.24, 2.45) is 0 Å². The molecule has 1 N–H and O–H groups in total. The molecule has 2 aromatic rings. The van der Waals surface area contributed by atoms with Crippen LogP contribution in [0.3, 0.4) is 0 Å². The number of nitrogens with one attached hydrogen (secondary N) is 1. The van der Waals surface area contributed by atoms with E-state index < -0.39 is 11.9 Å². The van der Waals surface area contributed by atoms with E-state index in [9.17, 15) is 14.9 Å². The number of carbonyl (C=O) groups excluding carboxylic acids is 2. The van der Waals surface area contributed by atoms with Crippen molar-refractivity contribution in [3.8, 4) is 6.07 Å². The number of ether oxygens (including phenoxy) is 1. The van der Waals surface area contributed by atoms with Gasteiger partial charge in [0, 0.05) is 17.1 Å². The number of hydrogen-bond acceptors (Lipinski definition) is 5. The molecule has 1 saturated carbocycles. The van der Waals surface area contributed by atoms with Crippen molar-refractivity contribution in [2.75, 3.05) is 11.9 Å². The summed E-state index contributed by atoms with van der Waals surface area (Å²) in [5.74, 6) is -0.442. The van der Waals surface area contributed by atoms with Crippen LogP contribution >= 0.6 is 11.3 Å². The standard InChI is InChI=1S/C20H23N3O3S/c1-13-14(2)23(16-6-4-3-5-7-16)19(17(13)10-21)22-18(24)11-26-20(25)15-8-9-27-12-15/h8-9,12,16H,3-7,11H2,1-2H3,(H,22,24). The molecular weight excluding hydrogens is 362 g/mol. The second kappa shape index (κ2) is 8.40. The van der Waals surface area contributed by atoms with E-state index >= 15 is 0 Å². The number of nitriles is 1. The molecule has 0 radical (unpaired) electrons. The van der Waals surface area contributed by atoms with Crippen LogP contribution in [-0.2, 0) is 9.53 Å². The zero-order valence-electron chi connectivity index (χ0n) is 15.6. The van der Waals surface area contributed by atoms with Crippen LogP contribution in [0, 0.1) is 25.2 Å². The monoisotopic (exact) mass is 385 g/mol. The number of carbonyl (C=O) groups is 2. The minimum absolute atomic E-state index is 0.281. The number of rotatable bonds is 5. The maximum atomic E-state index is 12.4. The molecule has 0 aliphatic heterocycles. The second-order valence-corrected chi connectivity index (χ2v) is 7.62. The van der Waals surface area contributed by atoms with Gasteiger partial charge >= 0.3 is 5.97 Å². The van der Waals surface area contributed by atoms with Crippen molar-refractivity contribution < 1.29 is 14.3 Å². The van der Waals surface area contributed by atoms with Crippen LogP contribution in [-0.4, -0.2) is 23.1 Å². The Morgan fingerprint density at radius 2 is 2.07 bits per heavy atom. The van der Waals surface area contributed by atoms with Gasteiger partial charge in [-0.1, -0.05) is 19.3 Å². The highest BCUT2D eigenvalue weighted by Crippen LogP contribution is 2.36. The highest BCUT2D eigenvalue weighted by molar-refractivity contribution is 7.08. The first kappa shape index (κ1) is 19.2. The fraction of sp³-hybridized carbons (Fsp3) is 0.450. The third-order valence-electron chi connectivity index (χ3n) is 5.16. The Labute approximate surface area is 162 Å². The maximum Gasteiger partial charge on any atom is 0.339 e. The Kier molecular flexibility index (Phi) is 5.97. The molecular formula is C20H23N3O3S. The van der Waals surface area contributed by atoms with Crippen LogP contribution in [0.5, 0.6) is 0 Å². The number of hydrogen-bond donors (Lipinski definition) is 1. The smallest absolute Gasteiger partial charge is 0.339 e. The number of aromatic nitrogens is 1. The first-order valence-electron chi connectivity index (χ1n) is 9.13. The van der Waals surface area contributed by atoms with Crippen LogP contribution in [0.15, 0.2) is 16.8 Å². The van der Waals surface area contributed by atoms with E-state index in [2.05, 4.69) is 16.0 Å². The quantitative estimate of drug-likeness (QED) is 0.776. The number of thiophene rings is 1. The summed E-state index contributed by atoms with van der Waals surface area (Å²) in [5.41, 5.74) is 2.80. The van der Waals surface area contributed by atoms with Gasteiger partial charge in [0.25, 0.3) is 5.91 Å². The predicted octanol–water partition coefficient (Wildman–Crippen LogP) is 4.34. The Bertz CT molecular complexity index is 871. The average molecular weight is 385 g/mol. The second-order valence-electron chi connectivity index (χ2n) is 6.84. The Morgan fingerprint density at radius 1 is 1.33 bits per heavy atom. The fourth-order valence-corrected chi connectivity index (χ4v) is 4.27. The molecule has 1 aliphatic carbocycles. The summed E-state index contributed by atoms with van der Waals surface area (Å²) in [4.78, 5) is 24.3. The summed E-state index contributed by atoms with van der Waals surface area (Å²) in [7, 11) is 0. The normalized spacial score (nSPS) is 14.6. The average Bonchev–Trinajstić information content (AvgIpc) is 3.29. The first-order chi connectivity index (χ1) is 13.0. The van der Waals surface area contributed by atoms with Gasteiger partial charge in [0.1, 0.15) is 11.9 Å². The molecule has 142 valence electrons. The molecule has 6 nitrogen and oxygen atoms in total. The van der Waals surface area contributed by atoms with Gasteiger partial charge in [0.05, 0.1) is 11.1 Å². The molecule has 3 rings (SSSR count). The lowest BCUT2D eigenvalue weighted by atomic mass is 9.95. The lowest BCUT2D eigenvalue weighted by molar-refractivity contribution is -0.119. The Morgan fingerprint density at radius 3 is 2.70 bits per heavy atom. The molecule has 7 heteroatoms. The maximum absolute atomic E-state index is 12.4. The molecule has 0 aromatic carbocycles. The topological polar surface area (TPSA) is 84.1 Å². The summed E-state index contributed by atoms with van der Waals surface area (Å²) in [6.45, 7) is 3.50. The largest absolute Gasteiger partial charge is 0.452 e. The van der Waals surface area contributed by atoms with E-state index in [1.165, 1.54) is 17.8 Å². The van der Waals surface area contributed by atoms with Gasteiger partial charge in [-0.2, -0.15) is 16.6 Å². The van der Waals surface area contributed by atoms with Gasteiger partial charge in [-0.3, -0.25) is 4.79 Å². The number of anilines is 1. The van der Waals surface area contributed by atoms with Crippen LogP contribution in [0.4, 0.5) is 5.82 Å². The zero-order valence-corrected chi connectivity index (χ0v) is 16.4. The molecule has 1 aliphatic rings. The summed E-state index contributed by atoms with van der Waals surface area (Å²) in [5, 5.41) is 15.9. The Balaban J connectivity index is 1.76. The molecule has 0 saturated heterocycles. The molecule has 0 bridgehead atoms. The SMILES string of the molecule is Cc1c(C#N)c(NC(=O)COC(=O)c2ccsc2)n(C2CCCCC2)c1C. The van der Waals surface area contributed by atoms with Crippen molar-refractivity contribution >= 4 is 29.0 Å². The number of amides is 1. The summed E-state index contributed by atoms with van der Waals surface area (Å²) in [6.07, 6.45) is 5.59. The van der Waals surface area contributed by atoms with Crippen molar-refractivity contribution in [2.45, 2.75) is 52.0 Å². The summed E-state index contributed by atoms with van der Waals surface area (Å²) >= 11 is 1.39. The van der Waals surface area contributed by atoms with Gasteiger partial charge in [-0.05, 0) is 43.7 Å². The molecule has 0 unspecified atom stereocenters. The van der Waals surface area contributed by atoms with Crippen LogP contribution in [0.2, 0.25) is 0 Å². The van der Waals surface area contributed by atoms with Gasteiger partial charge in [-0.25, -0.2) is 4.79 Å². The lowest BCUT2D eigenvalue weighted by Crippen LogP contribution is -2.24. The predicted molar refractivity (Wildman–Crippen MR) is 104 cm³/mol. The van der Waals surface area contributed by atoms with Crippen molar-refractivity contribution in [1.82, 2.24) is 4.57 Å². The van der Waals surface area contributed by atoms with Crippen molar-refractivity contribution in [3.05, 3.63) is 39.2 Å². The highest BCUT2D eigenvalue weighted by atomic mass is 32.1. The zero-order chi connectivity index (χ0) is 19.4. The van der Waals surface area contributed by atoms with Gasteiger partial charge in [0.2, 0.25) is 0 Å². The number of esters is 1. The van der Waals surface area contributed by atoms with Gasteiger partial charge in [-0.15, -0.1) is 0 Å². The number of nitrogens with zero attached hydrogens (tertiary/aromatic N) is 2. The van der Waals surface area contributed by atoms with Crippen LogP contribution in [0.25, 0.3) is 0 Å². The molecule has 0 spiro atoms. The van der Waals surface area contributed by atoms with E-state index in [1.54, 1.807) is 16.8 Å². The highest BCUT2D eigenvalue weighted by Gasteiger charge is 2.26. The third-order valence-corrected chi connectivity index (χ3v) is 5.84. The summed E-state index contributed by atoms with van der Waals surface area (Å²) < 4.78 is 7.17. The molecule has 2 aromatic heterocycles. The molecule has 0 atom stereocenters. The molecule has 1 amide bonds. The van der Waals surface area contributed by atoms with Crippen LogP contribution in [0.1, 0.15) is 65.3 Å². The molecule has 2 heterocycles. The Hall–Kier alpha value is -2.59. The van der Waals surface area contributed by atoms with Gasteiger partial charge in [0.15, 0.2) is 6.61 Å². The minimum Gasteiger partial charge on any atom is -0.452 e. The minimum atomic E-state index is -0.526. The van der Waals surface area contributed by atoms with Crippen molar-refractivity contribution in [1.29, 1.82) is 5.26 Å². The van der Waals surface area contributed by atoms with Gasteiger partial charge < -0.3 is 14.6 Å². The van der Waals surface area contributed by atoms with E-state index in [4.69, 9.17) is 4.74 Å². The molecule has 1 fully saturated rings. The fourth-order valence-electron chi connectivity index (χ4n) is 3.65. The lowest BCUT2D eigenvalue weighted by Gasteiger charge is -2.27. The van der Waals surface area contributed by atoms with E-state index in [-0.39, 0.29) is 12.6 Å². The van der Waals surface area contributed by atoms with E-state index in [0.717, 1.165) is 36.9 Å². The van der Waals surface area contributed by atoms with Crippen molar-refractivity contribution in [3.63, 3.8) is 0 Å².